The molecular weight excluding hydrogens is 352 g/mol. The number of aromatic nitrogens is 4. The number of rotatable bonds is 5. The SMILES string of the molecule is CCc1nc2cccc(CC(=O)c3cnn(C)c3)c2c(=O)n1-c1ccccc1. The molecule has 0 fully saturated rings. The van der Waals surface area contributed by atoms with Gasteiger partial charge in [-0.1, -0.05) is 37.3 Å². The van der Waals surface area contributed by atoms with Crippen molar-refractivity contribution in [1.29, 1.82) is 0 Å². The van der Waals surface area contributed by atoms with Gasteiger partial charge in [-0.25, -0.2) is 4.98 Å². The molecule has 0 aliphatic rings. The average Bonchev–Trinajstić information content (AvgIpc) is 3.15. The fourth-order valence-corrected chi connectivity index (χ4v) is 3.41. The van der Waals surface area contributed by atoms with Crippen LogP contribution in [0, 0.1) is 0 Å². The number of fused-ring (bicyclic) bond motifs is 1. The topological polar surface area (TPSA) is 69.8 Å². The van der Waals surface area contributed by atoms with Crippen LogP contribution in [0.5, 0.6) is 0 Å². The second-order valence-corrected chi connectivity index (χ2v) is 6.67. The molecule has 0 bridgehead atoms. The number of ketones is 1. The van der Waals surface area contributed by atoms with E-state index in [0.29, 0.717) is 34.3 Å². The Balaban J connectivity index is 1.89. The summed E-state index contributed by atoms with van der Waals surface area (Å²) in [6.45, 7) is 1.98. The van der Waals surface area contributed by atoms with E-state index in [4.69, 9.17) is 4.98 Å². The van der Waals surface area contributed by atoms with Crippen LogP contribution in [0.25, 0.3) is 16.6 Å². The van der Waals surface area contributed by atoms with E-state index in [1.165, 1.54) is 0 Å². The van der Waals surface area contributed by atoms with E-state index < -0.39 is 0 Å². The number of benzene rings is 2. The predicted molar refractivity (Wildman–Crippen MR) is 108 cm³/mol. The van der Waals surface area contributed by atoms with Crippen LogP contribution in [0.15, 0.2) is 65.7 Å². The van der Waals surface area contributed by atoms with Gasteiger partial charge in [0.05, 0.1) is 28.4 Å². The molecule has 0 aliphatic carbocycles. The molecule has 0 atom stereocenters. The van der Waals surface area contributed by atoms with Gasteiger partial charge in [0.15, 0.2) is 5.78 Å². The summed E-state index contributed by atoms with van der Waals surface area (Å²) in [5, 5.41) is 4.54. The third-order valence-electron chi connectivity index (χ3n) is 4.76. The molecule has 6 heteroatoms. The van der Waals surface area contributed by atoms with Crippen molar-refractivity contribution in [2.45, 2.75) is 19.8 Å². The molecule has 0 unspecified atom stereocenters. The highest BCUT2D eigenvalue weighted by atomic mass is 16.1. The quantitative estimate of drug-likeness (QED) is 0.505. The molecule has 0 saturated carbocycles. The van der Waals surface area contributed by atoms with Gasteiger partial charge in [-0.3, -0.25) is 18.8 Å². The minimum Gasteiger partial charge on any atom is -0.294 e. The third kappa shape index (κ3) is 3.13. The standard InChI is InChI=1S/C22H20N4O2/c1-3-20-24-18-11-7-8-15(12-19(27)16-13-23-25(2)14-16)21(18)22(28)26(20)17-9-5-4-6-10-17/h4-11,13-14H,3,12H2,1-2H3. The van der Waals surface area contributed by atoms with Crippen molar-refractivity contribution in [3.63, 3.8) is 0 Å². The van der Waals surface area contributed by atoms with E-state index in [-0.39, 0.29) is 17.8 Å². The lowest BCUT2D eigenvalue weighted by Crippen LogP contribution is -2.25. The number of nitrogens with zero attached hydrogens (tertiary/aromatic N) is 4. The summed E-state index contributed by atoms with van der Waals surface area (Å²) < 4.78 is 3.23. The number of para-hydroxylation sites is 1. The van der Waals surface area contributed by atoms with Crippen LogP contribution in [-0.4, -0.2) is 25.1 Å². The maximum atomic E-state index is 13.4. The zero-order valence-corrected chi connectivity index (χ0v) is 15.8. The molecule has 0 amide bonds. The second-order valence-electron chi connectivity index (χ2n) is 6.67. The molecule has 4 rings (SSSR count). The Bertz CT molecular complexity index is 1220. The van der Waals surface area contributed by atoms with Gasteiger partial charge in [0, 0.05) is 26.1 Å². The van der Waals surface area contributed by atoms with E-state index >= 15 is 0 Å². The Morgan fingerprint density at radius 1 is 1.07 bits per heavy atom. The summed E-state index contributed by atoms with van der Waals surface area (Å²) in [6, 6.07) is 14.9. The molecular formula is C22H20N4O2. The van der Waals surface area contributed by atoms with Crippen molar-refractivity contribution in [2.24, 2.45) is 7.05 Å². The molecule has 6 nitrogen and oxygen atoms in total. The van der Waals surface area contributed by atoms with Gasteiger partial charge in [0.2, 0.25) is 0 Å². The van der Waals surface area contributed by atoms with Crippen molar-refractivity contribution in [3.8, 4) is 5.69 Å². The molecule has 0 N–H and O–H groups in total. The largest absolute Gasteiger partial charge is 0.294 e. The monoisotopic (exact) mass is 372 g/mol. The molecule has 0 aliphatic heterocycles. The molecule has 0 saturated heterocycles. The summed E-state index contributed by atoms with van der Waals surface area (Å²) in [6.07, 6.45) is 3.98. The first-order valence-electron chi connectivity index (χ1n) is 9.19. The smallest absolute Gasteiger partial charge is 0.266 e. The lowest BCUT2D eigenvalue weighted by molar-refractivity contribution is 0.0993. The van der Waals surface area contributed by atoms with Gasteiger partial charge in [-0.15, -0.1) is 0 Å². The van der Waals surface area contributed by atoms with E-state index in [9.17, 15) is 9.59 Å². The highest BCUT2D eigenvalue weighted by Gasteiger charge is 2.17. The van der Waals surface area contributed by atoms with Crippen molar-refractivity contribution >= 4 is 16.7 Å². The van der Waals surface area contributed by atoms with Crippen LogP contribution < -0.4 is 5.56 Å². The van der Waals surface area contributed by atoms with Gasteiger partial charge in [-0.2, -0.15) is 5.10 Å². The van der Waals surface area contributed by atoms with Crippen LogP contribution in [0.1, 0.15) is 28.7 Å². The lowest BCUT2D eigenvalue weighted by Gasteiger charge is -2.14. The van der Waals surface area contributed by atoms with Crippen LogP contribution in [0.3, 0.4) is 0 Å². The van der Waals surface area contributed by atoms with Gasteiger partial charge in [-0.05, 0) is 23.8 Å². The minimum absolute atomic E-state index is 0.0779. The van der Waals surface area contributed by atoms with Crippen molar-refractivity contribution in [2.75, 3.05) is 0 Å². The molecule has 4 aromatic rings. The fraction of sp³-hybridized carbons (Fsp3) is 0.182. The van der Waals surface area contributed by atoms with Crippen LogP contribution in [0.4, 0.5) is 0 Å². The second kappa shape index (κ2) is 7.23. The molecule has 28 heavy (non-hydrogen) atoms. The molecule has 2 aromatic carbocycles. The third-order valence-corrected chi connectivity index (χ3v) is 4.76. The fourth-order valence-electron chi connectivity index (χ4n) is 3.41. The average molecular weight is 372 g/mol. The molecule has 2 heterocycles. The maximum Gasteiger partial charge on any atom is 0.266 e. The zero-order chi connectivity index (χ0) is 19.7. The number of carbonyl (C=O) groups excluding carboxylic acids is 1. The van der Waals surface area contributed by atoms with Crippen molar-refractivity contribution in [3.05, 3.63) is 88.2 Å². The Labute approximate surface area is 162 Å². The van der Waals surface area contributed by atoms with E-state index in [2.05, 4.69) is 5.10 Å². The maximum absolute atomic E-state index is 13.4. The van der Waals surface area contributed by atoms with Crippen LogP contribution in [-0.2, 0) is 19.9 Å². The van der Waals surface area contributed by atoms with E-state index in [1.54, 1.807) is 28.7 Å². The van der Waals surface area contributed by atoms with Gasteiger partial charge < -0.3 is 0 Å². The molecule has 0 radical (unpaired) electrons. The van der Waals surface area contributed by atoms with Crippen LogP contribution in [0.2, 0.25) is 0 Å². The summed E-state index contributed by atoms with van der Waals surface area (Å²) in [5.41, 5.74) is 2.44. The Kier molecular flexibility index (Phi) is 4.61. The zero-order valence-electron chi connectivity index (χ0n) is 15.8. The first kappa shape index (κ1) is 17.9. The number of Topliss-reactive ketones (excluding diaryl/α,β-unsaturated/α-hetero) is 1. The number of hydrogen-bond donors (Lipinski definition) is 0. The van der Waals surface area contributed by atoms with Crippen molar-refractivity contribution < 1.29 is 4.79 Å². The Morgan fingerprint density at radius 2 is 1.86 bits per heavy atom. The Morgan fingerprint density at radius 3 is 2.54 bits per heavy atom. The number of hydrogen-bond acceptors (Lipinski definition) is 4. The van der Waals surface area contributed by atoms with E-state index in [0.717, 1.165) is 5.69 Å². The molecule has 140 valence electrons. The van der Waals surface area contributed by atoms with Gasteiger partial charge >= 0.3 is 0 Å². The lowest BCUT2D eigenvalue weighted by atomic mass is 10.0. The summed E-state index contributed by atoms with van der Waals surface area (Å²) in [5.74, 6) is 0.616. The normalized spacial score (nSPS) is 11.1. The Hall–Kier alpha value is -3.54. The first-order chi connectivity index (χ1) is 13.6. The number of carbonyl (C=O) groups is 1. The molecule has 2 aromatic heterocycles. The van der Waals surface area contributed by atoms with Gasteiger partial charge in [0.25, 0.3) is 5.56 Å². The molecule has 0 spiro atoms. The summed E-state index contributed by atoms with van der Waals surface area (Å²) >= 11 is 0. The first-order valence-corrected chi connectivity index (χ1v) is 9.19. The summed E-state index contributed by atoms with van der Waals surface area (Å²) in [7, 11) is 1.77. The minimum atomic E-state index is -0.150. The predicted octanol–water partition coefficient (Wildman–Crippen LogP) is 3.11. The van der Waals surface area contributed by atoms with Crippen molar-refractivity contribution in [1.82, 2.24) is 19.3 Å². The van der Waals surface area contributed by atoms with Crippen LogP contribution >= 0.6 is 0 Å². The number of aryl methyl sites for hydroxylation is 2. The van der Waals surface area contributed by atoms with Gasteiger partial charge in [0.1, 0.15) is 5.82 Å². The summed E-state index contributed by atoms with van der Waals surface area (Å²) in [4.78, 5) is 30.8. The van der Waals surface area contributed by atoms with E-state index in [1.807, 2.05) is 55.5 Å². The highest BCUT2D eigenvalue weighted by molar-refractivity contribution is 5.99. The highest BCUT2D eigenvalue weighted by Crippen LogP contribution is 2.19.